The number of benzene rings is 1. The predicted molar refractivity (Wildman–Crippen MR) is 96.5 cm³/mol. The van der Waals surface area contributed by atoms with Crippen LogP contribution in [-0.2, 0) is 17.1 Å². The molecule has 1 aliphatic heterocycles. The maximum absolute atomic E-state index is 12.7. The van der Waals surface area contributed by atoms with Gasteiger partial charge in [0.25, 0.3) is 11.5 Å². The Kier molecular flexibility index (Phi) is 5.19. The van der Waals surface area contributed by atoms with Gasteiger partial charge in [-0.3, -0.25) is 9.59 Å². The molecule has 0 unspecified atom stereocenters. The minimum Gasteiger partial charge on any atom is -0.321 e. The Bertz CT molecular complexity index is 978. The fourth-order valence-corrected chi connectivity index (χ4v) is 4.37. The van der Waals surface area contributed by atoms with E-state index in [9.17, 15) is 18.0 Å². The highest BCUT2D eigenvalue weighted by Crippen LogP contribution is 2.23. The maximum atomic E-state index is 12.7. The van der Waals surface area contributed by atoms with Crippen LogP contribution in [0.1, 0.15) is 29.8 Å². The molecule has 3 rings (SSSR count). The van der Waals surface area contributed by atoms with Gasteiger partial charge in [-0.05, 0) is 37.1 Å². The van der Waals surface area contributed by atoms with E-state index < -0.39 is 15.9 Å². The van der Waals surface area contributed by atoms with Gasteiger partial charge in [-0.25, -0.2) is 13.1 Å². The lowest BCUT2D eigenvalue weighted by molar-refractivity contribution is 0.102. The Morgan fingerprint density at radius 2 is 1.85 bits per heavy atom. The van der Waals surface area contributed by atoms with Crippen molar-refractivity contribution in [3.63, 3.8) is 0 Å². The highest BCUT2D eigenvalue weighted by molar-refractivity contribution is 7.89. The Labute approximate surface area is 151 Å². The van der Waals surface area contributed by atoms with Crippen molar-refractivity contribution in [2.24, 2.45) is 7.05 Å². The molecule has 1 aliphatic rings. The van der Waals surface area contributed by atoms with Crippen LogP contribution in [0, 0.1) is 0 Å². The van der Waals surface area contributed by atoms with Gasteiger partial charge in [0.05, 0.1) is 4.90 Å². The third-order valence-corrected chi connectivity index (χ3v) is 6.13. The van der Waals surface area contributed by atoms with E-state index in [4.69, 9.17) is 0 Å². The van der Waals surface area contributed by atoms with Crippen LogP contribution in [0.15, 0.2) is 46.1 Å². The molecule has 8 nitrogen and oxygen atoms in total. The van der Waals surface area contributed by atoms with Crippen molar-refractivity contribution in [1.29, 1.82) is 0 Å². The van der Waals surface area contributed by atoms with E-state index in [0.29, 0.717) is 18.8 Å². The average Bonchev–Trinajstić information content (AvgIpc) is 2.65. The van der Waals surface area contributed by atoms with Gasteiger partial charge in [-0.2, -0.15) is 9.40 Å². The normalized spacial score (nSPS) is 15.6. The van der Waals surface area contributed by atoms with Gasteiger partial charge in [0.15, 0.2) is 0 Å². The van der Waals surface area contributed by atoms with Crippen LogP contribution in [0.3, 0.4) is 0 Å². The smallest absolute Gasteiger partial charge is 0.276 e. The molecule has 1 amide bonds. The first-order valence-corrected chi connectivity index (χ1v) is 9.78. The minimum absolute atomic E-state index is 0.0661. The quantitative estimate of drug-likeness (QED) is 0.864. The molecule has 2 aromatic rings. The number of nitrogens with one attached hydrogen (secondary N) is 1. The summed E-state index contributed by atoms with van der Waals surface area (Å²) in [5.41, 5.74) is 0.0938. The Morgan fingerprint density at radius 1 is 1.12 bits per heavy atom. The van der Waals surface area contributed by atoms with Crippen molar-refractivity contribution >= 4 is 21.6 Å². The summed E-state index contributed by atoms with van der Waals surface area (Å²) in [6.07, 6.45) is 2.75. The van der Waals surface area contributed by atoms with Crippen LogP contribution in [0.5, 0.6) is 0 Å². The summed E-state index contributed by atoms with van der Waals surface area (Å²) in [5.74, 6) is -0.520. The second-order valence-corrected chi connectivity index (χ2v) is 8.07. The standard InChI is InChI=1S/C17H20N4O4S/c1-20-16(22)9-8-15(19-20)17(23)18-13-6-5-7-14(12-13)26(24,25)21-10-3-2-4-11-21/h5-9,12H,2-4,10-11H2,1H3,(H,18,23). The van der Waals surface area contributed by atoms with E-state index in [0.717, 1.165) is 23.9 Å². The van der Waals surface area contributed by atoms with Gasteiger partial charge in [0, 0.05) is 31.9 Å². The second-order valence-electron chi connectivity index (χ2n) is 6.13. The first-order chi connectivity index (χ1) is 12.4. The topological polar surface area (TPSA) is 101 Å². The summed E-state index contributed by atoms with van der Waals surface area (Å²) in [5, 5.41) is 6.50. The summed E-state index contributed by atoms with van der Waals surface area (Å²) < 4.78 is 28.0. The SMILES string of the molecule is Cn1nc(C(=O)Nc2cccc(S(=O)(=O)N3CCCCC3)c2)ccc1=O. The molecular weight excluding hydrogens is 356 g/mol. The number of anilines is 1. The number of carbonyl (C=O) groups excluding carboxylic acids is 1. The van der Waals surface area contributed by atoms with Crippen LogP contribution in [0.4, 0.5) is 5.69 Å². The van der Waals surface area contributed by atoms with E-state index in [1.807, 2.05) is 0 Å². The molecule has 1 aromatic carbocycles. The molecular formula is C17H20N4O4S. The molecule has 0 saturated carbocycles. The largest absolute Gasteiger partial charge is 0.321 e. The third-order valence-electron chi connectivity index (χ3n) is 4.24. The summed E-state index contributed by atoms with van der Waals surface area (Å²) in [6, 6.07) is 8.72. The lowest BCUT2D eigenvalue weighted by atomic mass is 10.2. The first kappa shape index (κ1) is 18.3. The lowest BCUT2D eigenvalue weighted by Gasteiger charge is -2.26. The number of sulfonamides is 1. The zero-order valence-corrected chi connectivity index (χ0v) is 15.2. The Balaban J connectivity index is 1.81. The average molecular weight is 376 g/mol. The number of aryl methyl sites for hydroxylation is 1. The third kappa shape index (κ3) is 3.83. The van der Waals surface area contributed by atoms with E-state index in [2.05, 4.69) is 10.4 Å². The maximum Gasteiger partial charge on any atom is 0.276 e. The number of amides is 1. The van der Waals surface area contributed by atoms with Crippen molar-refractivity contribution in [1.82, 2.24) is 14.1 Å². The molecule has 1 N–H and O–H groups in total. The molecule has 26 heavy (non-hydrogen) atoms. The van der Waals surface area contributed by atoms with Crippen LogP contribution in [0.25, 0.3) is 0 Å². The van der Waals surface area contributed by atoms with Gasteiger partial charge in [-0.1, -0.05) is 12.5 Å². The number of hydrogen-bond donors (Lipinski definition) is 1. The Hall–Kier alpha value is -2.52. The minimum atomic E-state index is -3.58. The molecule has 1 aromatic heterocycles. The van der Waals surface area contributed by atoms with Crippen molar-refractivity contribution in [2.45, 2.75) is 24.2 Å². The lowest BCUT2D eigenvalue weighted by Crippen LogP contribution is -2.35. The first-order valence-electron chi connectivity index (χ1n) is 8.34. The zero-order valence-electron chi connectivity index (χ0n) is 14.4. The number of rotatable bonds is 4. The Morgan fingerprint density at radius 3 is 2.54 bits per heavy atom. The van der Waals surface area contributed by atoms with Gasteiger partial charge < -0.3 is 5.32 Å². The van der Waals surface area contributed by atoms with Crippen molar-refractivity contribution in [2.75, 3.05) is 18.4 Å². The van der Waals surface area contributed by atoms with E-state index in [1.165, 1.54) is 35.6 Å². The molecule has 0 atom stereocenters. The molecule has 138 valence electrons. The number of hydrogen-bond acceptors (Lipinski definition) is 5. The highest BCUT2D eigenvalue weighted by atomic mass is 32.2. The number of piperidine rings is 1. The highest BCUT2D eigenvalue weighted by Gasteiger charge is 2.26. The van der Waals surface area contributed by atoms with Crippen molar-refractivity contribution in [3.05, 3.63) is 52.4 Å². The molecule has 0 spiro atoms. The molecule has 9 heteroatoms. The molecule has 2 heterocycles. The molecule has 1 fully saturated rings. The van der Waals surface area contributed by atoms with E-state index in [1.54, 1.807) is 12.1 Å². The molecule has 0 aliphatic carbocycles. The number of carbonyl (C=O) groups is 1. The van der Waals surface area contributed by atoms with Crippen LogP contribution in [0.2, 0.25) is 0 Å². The predicted octanol–water partition coefficient (Wildman–Crippen LogP) is 1.21. The van der Waals surface area contributed by atoms with Crippen molar-refractivity contribution in [3.8, 4) is 0 Å². The monoisotopic (exact) mass is 376 g/mol. The molecule has 0 bridgehead atoms. The fraction of sp³-hybridized carbons (Fsp3) is 0.353. The van der Waals surface area contributed by atoms with Crippen LogP contribution >= 0.6 is 0 Å². The summed E-state index contributed by atoms with van der Waals surface area (Å²) in [6.45, 7) is 1.03. The van der Waals surface area contributed by atoms with Gasteiger partial charge >= 0.3 is 0 Å². The van der Waals surface area contributed by atoms with Crippen LogP contribution < -0.4 is 10.9 Å². The summed E-state index contributed by atoms with van der Waals surface area (Å²) >= 11 is 0. The van der Waals surface area contributed by atoms with E-state index in [-0.39, 0.29) is 16.1 Å². The van der Waals surface area contributed by atoms with Gasteiger partial charge in [-0.15, -0.1) is 0 Å². The van der Waals surface area contributed by atoms with E-state index >= 15 is 0 Å². The molecule has 1 saturated heterocycles. The fourth-order valence-electron chi connectivity index (χ4n) is 2.81. The molecule has 0 radical (unpaired) electrons. The van der Waals surface area contributed by atoms with Gasteiger partial charge in [0.2, 0.25) is 10.0 Å². The zero-order chi connectivity index (χ0) is 18.7. The van der Waals surface area contributed by atoms with Crippen molar-refractivity contribution < 1.29 is 13.2 Å². The number of nitrogens with zero attached hydrogens (tertiary/aromatic N) is 3. The summed E-state index contributed by atoms with van der Waals surface area (Å²) in [7, 11) is -2.13. The summed E-state index contributed by atoms with van der Waals surface area (Å²) in [4.78, 5) is 23.8. The number of aromatic nitrogens is 2. The van der Waals surface area contributed by atoms with Crippen LogP contribution in [-0.4, -0.2) is 41.5 Å². The second kappa shape index (κ2) is 7.38. The van der Waals surface area contributed by atoms with Gasteiger partial charge in [0.1, 0.15) is 5.69 Å².